The number of rotatable bonds is 3. The van der Waals surface area contributed by atoms with Crippen molar-refractivity contribution in [1.82, 2.24) is 0 Å². The van der Waals surface area contributed by atoms with Crippen molar-refractivity contribution in [1.29, 1.82) is 0 Å². The van der Waals surface area contributed by atoms with Crippen molar-refractivity contribution in [2.24, 2.45) is 5.73 Å². The summed E-state index contributed by atoms with van der Waals surface area (Å²) in [5, 5.41) is 18.8. The average molecular weight is 246 g/mol. The molecule has 1 aromatic carbocycles. The van der Waals surface area contributed by atoms with Gasteiger partial charge in [-0.15, -0.1) is 0 Å². The van der Waals surface area contributed by atoms with Crippen molar-refractivity contribution in [2.75, 3.05) is 0 Å². The summed E-state index contributed by atoms with van der Waals surface area (Å²) in [6.45, 7) is 0. The zero-order valence-corrected chi connectivity index (χ0v) is 9.39. The Balaban J connectivity index is 2.24. The first kappa shape index (κ1) is 11.5. The van der Waals surface area contributed by atoms with Crippen molar-refractivity contribution >= 4 is 11.6 Å². The number of nitrogens with two attached hydrogens (primary N) is 1. The molecule has 3 nitrogen and oxygen atoms in total. The minimum Gasteiger partial charge on any atom is -0.506 e. The fourth-order valence-corrected chi connectivity index (χ4v) is 1.88. The van der Waals surface area contributed by atoms with Crippen molar-refractivity contribution in [3.8, 4) is 11.5 Å². The number of halogens is 2. The average Bonchev–Trinajstić information content (AvgIpc) is 2.94. The molecule has 0 radical (unpaired) electrons. The van der Waals surface area contributed by atoms with Gasteiger partial charge in [0.2, 0.25) is 0 Å². The van der Waals surface area contributed by atoms with E-state index in [0.717, 1.165) is 18.9 Å². The molecule has 0 saturated heterocycles. The van der Waals surface area contributed by atoms with Gasteiger partial charge in [0.25, 0.3) is 0 Å². The van der Waals surface area contributed by atoms with E-state index in [1.165, 1.54) is 0 Å². The van der Waals surface area contributed by atoms with Gasteiger partial charge in [-0.2, -0.15) is 0 Å². The summed E-state index contributed by atoms with van der Waals surface area (Å²) in [5.74, 6) is -1.66. The van der Waals surface area contributed by atoms with E-state index in [2.05, 4.69) is 0 Å². The number of benzene rings is 1. The van der Waals surface area contributed by atoms with E-state index in [0.29, 0.717) is 6.42 Å². The lowest BCUT2D eigenvalue weighted by Crippen LogP contribution is -2.22. The van der Waals surface area contributed by atoms with Crippen LogP contribution in [0.3, 0.4) is 0 Å². The number of hydrogen-bond acceptors (Lipinski definition) is 3. The van der Waals surface area contributed by atoms with Crippen molar-refractivity contribution in [3.63, 3.8) is 0 Å². The summed E-state index contributed by atoms with van der Waals surface area (Å²) in [6.07, 6.45) is 2.70. The van der Waals surface area contributed by atoms with Crippen LogP contribution < -0.4 is 5.73 Å². The largest absolute Gasteiger partial charge is 0.506 e. The zero-order valence-electron chi connectivity index (χ0n) is 8.63. The highest BCUT2D eigenvalue weighted by Gasteiger charge is 2.38. The third kappa shape index (κ3) is 2.08. The van der Waals surface area contributed by atoms with Gasteiger partial charge in [0, 0.05) is 17.2 Å². The van der Waals surface area contributed by atoms with Crippen LogP contribution in [-0.2, 0) is 6.42 Å². The van der Waals surface area contributed by atoms with Gasteiger partial charge in [-0.3, -0.25) is 0 Å². The third-order valence-electron chi connectivity index (χ3n) is 3.03. The van der Waals surface area contributed by atoms with Crippen LogP contribution in [0.1, 0.15) is 24.8 Å². The van der Waals surface area contributed by atoms with Gasteiger partial charge in [0.1, 0.15) is 5.75 Å². The lowest BCUT2D eigenvalue weighted by molar-refractivity contribution is 0.410. The Labute approximate surface area is 97.6 Å². The molecule has 2 rings (SSSR count). The first-order valence-electron chi connectivity index (χ1n) is 5.11. The second-order valence-corrected chi connectivity index (χ2v) is 4.79. The number of phenolic OH excluding ortho intramolecular Hbond substituents is 2. The highest BCUT2D eigenvalue weighted by atomic mass is 35.5. The standard InChI is InChI=1S/C11H13ClFNO2/c12-7-5-8(15)9(13)6(10(7)16)1-2-11(14)3-4-11/h5,15-16H,1-4,14H2. The van der Waals surface area contributed by atoms with Crippen LogP contribution in [0.2, 0.25) is 5.02 Å². The lowest BCUT2D eigenvalue weighted by Gasteiger charge is -2.12. The summed E-state index contributed by atoms with van der Waals surface area (Å²) in [4.78, 5) is 0. The van der Waals surface area contributed by atoms with E-state index in [-0.39, 0.29) is 28.3 Å². The SMILES string of the molecule is NC1(CCc2c(O)c(Cl)cc(O)c2F)CC1. The normalized spacial score (nSPS) is 17.4. The molecule has 88 valence electrons. The minimum absolute atomic E-state index is 0.0433. The van der Waals surface area contributed by atoms with Crippen LogP contribution in [-0.4, -0.2) is 15.8 Å². The quantitative estimate of drug-likeness (QED) is 0.716. The molecule has 0 heterocycles. The molecule has 0 atom stereocenters. The van der Waals surface area contributed by atoms with E-state index in [1.54, 1.807) is 0 Å². The van der Waals surface area contributed by atoms with Crippen LogP contribution in [0.5, 0.6) is 11.5 Å². The van der Waals surface area contributed by atoms with E-state index in [9.17, 15) is 14.6 Å². The Morgan fingerprint density at radius 2 is 2.06 bits per heavy atom. The van der Waals surface area contributed by atoms with Gasteiger partial charge in [-0.05, 0) is 25.7 Å². The lowest BCUT2D eigenvalue weighted by atomic mass is 10.0. The molecule has 1 aromatic rings. The molecule has 5 heteroatoms. The molecule has 1 fully saturated rings. The number of phenols is 2. The maximum atomic E-state index is 13.5. The van der Waals surface area contributed by atoms with E-state index < -0.39 is 11.6 Å². The summed E-state index contributed by atoms with van der Waals surface area (Å²) in [6, 6.07) is 0.991. The smallest absolute Gasteiger partial charge is 0.171 e. The van der Waals surface area contributed by atoms with E-state index in [4.69, 9.17) is 17.3 Å². The van der Waals surface area contributed by atoms with E-state index >= 15 is 0 Å². The first-order valence-corrected chi connectivity index (χ1v) is 5.48. The molecule has 1 saturated carbocycles. The Morgan fingerprint density at radius 3 is 2.62 bits per heavy atom. The van der Waals surface area contributed by atoms with Crippen molar-refractivity contribution in [3.05, 3.63) is 22.5 Å². The highest BCUT2D eigenvalue weighted by molar-refractivity contribution is 6.32. The summed E-state index contributed by atoms with van der Waals surface area (Å²) in [7, 11) is 0. The third-order valence-corrected chi connectivity index (χ3v) is 3.32. The van der Waals surface area contributed by atoms with Gasteiger partial charge in [0.05, 0.1) is 5.02 Å². The molecule has 0 aliphatic heterocycles. The van der Waals surface area contributed by atoms with E-state index in [1.807, 2.05) is 0 Å². The molecule has 0 unspecified atom stereocenters. The van der Waals surface area contributed by atoms with Gasteiger partial charge in [0.15, 0.2) is 11.6 Å². The summed E-state index contributed by atoms with van der Waals surface area (Å²) >= 11 is 5.65. The van der Waals surface area contributed by atoms with Crippen molar-refractivity contribution < 1.29 is 14.6 Å². The summed E-state index contributed by atoms with van der Waals surface area (Å²) < 4.78 is 13.5. The van der Waals surface area contributed by atoms with Gasteiger partial charge in [-0.25, -0.2) is 4.39 Å². The maximum absolute atomic E-state index is 13.5. The molecule has 0 spiro atoms. The van der Waals surface area contributed by atoms with Crippen LogP contribution in [0.4, 0.5) is 4.39 Å². The van der Waals surface area contributed by atoms with Gasteiger partial charge in [-0.1, -0.05) is 11.6 Å². The zero-order chi connectivity index (χ0) is 11.9. The van der Waals surface area contributed by atoms with Crippen LogP contribution in [0.15, 0.2) is 6.07 Å². The Bertz CT molecular complexity index is 406. The van der Waals surface area contributed by atoms with Crippen LogP contribution in [0.25, 0.3) is 0 Å². The fourth-order valence-electron chi connectivity index (χ4n) is 1.67. The molecule has 1 aliphatic carbocycles. The van der Waals surface area contributed by atoms with Crippen LogP contribution >= 0.6 is 11.6 Å². The van der Waals surface area contributed by atoms with Crippen LogP contribution in [0, 0.1) is 5.82 Å². The molecular weight excluding hydrogens is 233 g/mol. The Morgan fingerprint density at radius 1 is 1.44 bits per heavy atom. The predicted molar refractivity (Wildman–Crippen MR) is 59.2 cm³/mol. The fraction of sp³-hybridized carbons (Fsp3) is 0.455. The first-order chi connectivity index (χ1) is 7.43. The Hall–Kier alpha value is -1.00. The second-order valence-electron chi connectivity index (χ2n) is 4.38. The number of aromatic hydroxyl groups is 2. The number of hydrogen-bond donors (Lipinski definition) is 3. The predicted octanol–water partition coefficient (Wildman–Crippen LogP) is 2.31. The molecule has 1 aliphatic rings. The van der Waals surface area contributed by atoms with Crippen molar-refractivity contribution in [2.45, 2.75) is 31.2 Å². The highest BCUT2D eigenvalue weighted by Crippen LogP contribution is 2.40. The maximum Gasteiger partial charge on any atom is 0.171 e. The monoisotopic (exact) mass is 245 g/mol. The summed E-state index contributed by atoms with van der Waals surface area (Å²) in [5.41, 5.74) is 5.69. The molecule has 0 aromatic heterocycles. The molecule has 4 N–H and O–H groups in total. The van der Waals surface area contributed by atoms with Gasteiger partial charge >= 0.3 is 0 Å². The Kier molecular flexibility index (Phi) is 2.72. The minimum atomic E-state index is -0.814. The molecular formula is C11H13ClFNO2. The molecule has 16 heavy (non-hydrogen) atoms. The molecule has 0 amide bonds. The topological polar surface area (TPSA) is 66.5 Å². The van der Waals surface area contributed by atoms with Gasteiger partial charge < -0.3 is 15.9 Å². The second kappa shape index (κ2) is 3.79. The molecule has 0 bridgehead atoms.